The van der Waals surface area contributed by atoms with Gasteiger partial charge in [-0.05, 0) is 50.1 Å². The summed E-state index contributed by atoms with van der Waals surface area (Å²) in [5.41, 5.74) is 2.77. The third-order valence-corrected chi connectivity index (χ3v) is 5.33. The lowest BCUT2D eigenvalue weighted by molar-refractivity contribution is 0.230. The molecule has 0 fully saturated rings. The molecule has 0 saturated carbocycles. The Morgan fingerprint density at radius 2 is 1.43 bits per heavy atom. The summed E-state index contributed by atoms with van der Waals surface area (Å²) in [6, 6.07) is 8.96. The first-order chi connectivity index (χ1) is 11.0. The van der Waals surface area contributed by atoms with E-state index in [4.69, 9.17) is 0 Å². The van der Waals surface area contributed by atoms with Crippen LogP contribution in [0.3, 0.4) is 0 Å². The zero-order valence-corrected chi connectivity index (χ0v) is 16.4. The van der Waals surface area contributed by atoms with Crippen LogP contribution in [0, 0.1) is 24.7 Å². The van der Waals surface area contributed by atoms with Crippen molar-refractivity contribution in [2.24, 2.45) is 17.8 Å². The van der Waals surface area contributed by atoms with Gasteiger partial charge in [0.05, 0.1) is 0 Å². The molecule has 0 N–H and O–H groups in total. The largest absolute Gasteiger partial charge is 0.302 e. The van der Waals surface area contributed by atoms with Crippen LogP contribution < -0.4 is 0 Å². The first-order valence-electron chi connectivity index (χ1n) is 9.72. The Kier molecular flexibility index (Phi) is 9.55. The molecule has 0 bridgehead atoms. The summed E-state index contributed by atoms with van der Waals surface area (Å²) in [5, 5.41) is 0. The van der Waals surface area contributed by atoms with Crippen LogP contribution in [0.4, 0.5) is 0 Å². The van der Waals surface area contributed by atoms with Crippen LogP contribution in [0.15, 0.2) is 24.3 Å². The third-order valence-electron chi connectivity index (χ3n) is 5.33. The average molecular weight is 318 g/mol. The van der Waals surface area contributed by atoms with E-state index in [0.29, 0.717) is 0 Å². The highest BCUT2D eigenvalue weighted by Gasteiger charge is 2.17. The van der Waals surface area contributed by atoms with Gasteiger partial charge < -0.3 is 4.90 Å². The van der Waals surface area contributed by atoms with Gasteiger partial charge in [0.1, 0.15) is 0 Å². The summed E-state index contributed by atoms with van der Waals surface area (Å²) in [6.07, 6.45) is 6.83. The molecule has 1 aromatic rings. The molecule has 0 aliphatic heterocycles. The molecule has 0 saturated heterocycles. The van der Waals surface area contributed by atoms with Gasteiger partial charge in [0.25, 0.3) is 0 Å². The second-order valence-corrected chi connectivity index (χ2v) is 7.72. The molecule has 0 aromatic heterocycles. The number of aryl methyl sites for hydroxylation is 1. The Morgan fingerprint density at radius 3 is 1.96 bits per heavy atom. The maximum Gasteiger partial charge on any atom is 0.0230 e. The van der Waals surface area contributed by atoms with Crippen molar-refractivity contribution in [3.63, 3.8) is 0 Å². The fraction of sp³-hybridized carbons (Fsp3) is 0.727. The van der Waals surface area contributed by atoms with Crippen LogP contribution in [0.5, 0.6) is 0 Å². The monoisotopic (exact) mass is 317 g/mol. The highest BCUT2D eigenvalue weighted by molar-refractivity contribution is 5.21. The van der Waals surface area contributed by atoms with Gasteiger partial charge in [0.15, 0.2) is 0 Å². The van der Waals surface area contributed by atoms with Crippen LogP contribution in [-0.2, 0) is 6.54 Å². The summed E-state index contributed by atoms with van der Waals surface area (Å²) in [4.78, 5) is 2.49. The predicted molar refractivity (Wildman–Crippen MR) is 104 cm³/mol. The van der Waals surface area contributed by atoms with Gasteiger partial charge in [-0.1, -0.05) is 76.8 Å². The van der Waals surface area contributed by atoms with Gasteiger partial charge in [-0.2, -0.15) is 0 Å². The van der Waals surface area contributed by atoms with Gasteiger partial charge >= 0.3 is 0 Å². The first kappa shape index (κ1) is 20.2. The highest BCUT2D eigenvalue weighted by atomic mass is 15.1. The summed E-state index contributed by atoms with van der Waals surface area (Å²) in [7, 11) is 2.26. The van der Waals surface area contributed by atoms with Crippen molar-refractivity contribution in [1.82, 2.24) is 4.90 Å². The molecule has 1 heteroatoms. The molecule has 132 valence electrons. The molecule has 1 aromatic carbocycles. The maximum absolute atomic E-state index is 2.49. The first-order valence-corrected chi connectivity index (χ1v) is 9.72. The lowest BCUT2D eigenvalue weighted by Crippen LogP contribution is -2.25. The molecule has 2 unspecified atom stereocenters. The zero-order valence-electron chi connectivity index (χ0n) is 16.4. The van der Waals surface area contributed by atoms with Gasteiger partial charge in [0.2, 0.25) is 0 Å². The van der Waals surface area contributed by atoms with E-state index in [1.165, 1.54) is 49.8 Å². The Morgan fingerprint density at radius 1 is 0.870 bits per heavy atom. The molecule has 0 aliphatic rings. The van der Waals surface area contributed by atoms with Crippen LogP contribution in [0.2, 0.25) is 0 Å². The molecular formula is C22H39N. The molecule has 2 atom stereocenters. The van der Waals surface area contributed by atoms with E-state index in [-0.39, 0.29) is 0 Å². The van der Waals surface area contributed by atoms with Crippen molar-refractivity contribution in [3.05, 3.63) is 35.4 Å². The van der Waals surface area contributed by atoms with E-state index in [1.807, 2.05) is 0 Å². The van der Waals surface area contributed by atoms with E-state index in [9.17, 15) is 0 Å². The Balaban J connectivity index is 2.40. The van der Waals surface area contributed by atoms with E-state index in [1.54, 1.807) is 0 Å². The van der Waals surface area contributed by atoms with E-state index >= 15 is 0 Å². The lowest BCUT2D eigenvalue weighted by Gasteiger charge is -2.26. The summed E-state index contributed by atoms with van der Waals surface area (Å²) in [6.45, 7) is 13.9. The lowest BCUT2D eigenvalue weighted by atomic mass is 9.84. The van der Waals surface area contributed by atoms with Crippen LogP contribution >= 0.6 is 0 Å². The minimum atomic E-state index is 0.782. The molecule has 0 spiro atoms. The van der Waals surface area contributed by atoms with Crippen molar-refractivity contribution in [2.45, 2.75) is 73.3 Å². The predicted octanol–water partition coefficient (Wildman–Crippen LogP) is 6.31. The Labute approximate surface area is 145 Å². The Hall–Kier alpha value is -0.820. The summed E-state index contributed by atoms with van der Waals surface area (Å²) in [5.74, 6) is 2.62. The summed E-state index contributed by atoms with van der Waals surface area (Å²) < 4.78 is 0. The van der Waals surface area contributed by atoms with Crippen LogP contribution in [-0.4, -0.2) is 18.5 Å². The number of nitrogens with zero attached hydrogens (tertiary/aromatic N) is 1. The van der Waals surface area contributed by atoms with Crippen molar-refractivity contribution in [1.29, 1.82) is 0 Å². The smallest absolute Gasteiger partial charge is 0.0230 e. The number of hydrogen-bond donors (Lipinski definition) is 0. The van der Waals surface area contributed by atoms with E-state index < -0.39 is 0 Å². The highest BCUT2D eigenvalue weighted by Crippen LogP contribution is 2.27. The molecular weight excluding hydrogens is 278 g/mol. The minimum Gasteiger partial charge on any atom is -0.302 e. The fourth-order valence-corrected chi connectivity index (χ4v) is 3.77. The third kappa shape index (κ3) is 8.01. The molecule has 23 heavy (non-hydrogen) atoms. The van der Waals surface area contributed by atoms with Crippen molar-refractivity contribution >= 4 is 0 Å². The second kappa shape index (κ2) is 10.9. The van der Waals surface area contributed by atoms with Gasteiger partial charge in [0, 0.05) is 13.1 Å². The van der Waals surface area contributed by atoms with Crippen molar-refractivity contribution < 1.29 is 0 Å². The Bertz CT molecular complexity index is 404. The maximum atomic E-state index is 2.49. The fourth-order valence-electron chi connectivity index (χ4n) is 3.77. The zero-order chi connectivity index (χ0) is 17.2. The quantitative estimate of drug-likeness (QED) is 0.462. The molecule has 0 heterocycles. The van der Waals surface area contributed by atoms with E-state index in [0.717, 1.165) is 24.3 Å². The number of rotatable bonds is 11. The van der Waals surface area contributed by atoms with Gasteiger partial charge in [-0.3, -0.25) is 0 Å². The van der Waals surface area contributed by atoms with Gasteiger partial charge in [-0.15, -0.1) is 0 Å². The van der Waals surface area contributed by atoms with Gasteiger partial charge in [-0.25, -0.2) is 0 Å². The standard InChI is InChI=1S/C22H39N/c1-7-20(8-2)15-21(9-3)14-19(5)16-23(6)17-22-12-10-18(4)11-13-22/h10-13,19-21H,7-9,14-17H2,1-6H3. The normalized spacial score (nSPS) is 14.4. The molecule has 1 nitrogen and oxygen atoms in total. The molecule has 0 radical (unpaired) electrons. The topological polar surface area (TPSA) is 3.24 Å². The molecule has 0 aliphatic carbocycles. The molecule has 1 rings (SSSR count). The van der Waals surface area contributed by atoms with Crippen molar-refractivity contribution in [2.75, 3.05) is 13.6 Å². The SMILES string of the molecule is CCC(CC)CC(CC)CC(C)CN(C)Cc1ccc(C)cc1. The van der Waals surface area contributed by atoms with E-state index in [2.05, 4.69) is 70.8 Å². The van der Waals surface area contributed by atoms with Crippen molar-refractivity contribution in [3.8, 4) is 0 Å². The second-order valence-electron chi connectivity index (χ2n) is 7.72. The number of benzene rings is 1. The molecule has 0 amide bonds. The van der Waals surface area contributed by atoms with Crippen LogP contribution in [0.1, 0.15) is 70.9 Å². The average Bonchev–Trinajstić information content (AvgIpc) is 2.53. The number of hydrogen-bond acceptors (Lipinski definition) is 1. The summed E-state index contributed by atoms with van der Waals surface area (Å²) >= 11 is 0. The minimum absolute atomic E-state index is 0.782. The van der Waals surface area contributed by atoms with Crippen LogP contribution in [0.25, 0.3) is 0 Å².